The van der Waals surface area contributed by atoms with E-state index in [1.165, 1.54) is 11.3 Å². The number of rotatable bonds is 5. The highest BCUT2D eigenvalue weighted by atomic mass is 32.2. The summed E-state index contributed by atoms with van der Waals surface area (Å²) in [6.45, 7) is 10.6. The van der Waals surface area contributed by atoms with E-state index in [4.69, 9.17) is 0 Å². The van der Waals surface area contributed by atoms with Crippen molar-refractivity contribution in [2.45, 2.75) is 51.6 Å². The topological polar surface area (TPSA) is 49.4 Å². The lowest BCUT2D eigenvalue weighted by Crippen LogP contribution is -2.48. The molecule has 2 rings (SSSR count). The van der Waals surface area contributed by atoms with Gasteiger partial charge in [0.05, 0.1) is 4.90 Å². The van der Waals surface area contributed by atoms with Gasteiger partial charge < -0.3 is 5.32 Å². The number of sulfonamides is 1. The highest BCUT2D eigenvalue weighted by Gasteiger charge is 2.37. The van der Waals surface area contributed by atoms with Crippen molar-refractivity contribution in [1.82, 2.24) is 9.62 Å². The molecule has 1 aliphatic rings. The summed E-state index contributed by atoms with van der Waals surface area (Å²) >= 11 is 1.51. The van der Waals surface area contributed by atoms with Crippen LogP contribution in [0.25, 0.3) is 0 Å². The summed E-state index contributed by atoms with van der Waals surface area (Å²) in [5, 5.41) is 5.01. The molecule has 0 aromatic carbocycles. The van der Waals surface area contributed by atoms with E-state index in [1.54, 1.807) is 9.69 Å². The van der Waals surface area contributed by atoms with Crippen LogP contribution in [0.4, 0.5) is 0 Å². The zero-order valence-electron chi connectivity index (χ0n) is 13.3. The van der Waals surface area contributed by atoms with Crippen molar-refractivity contribution in [1.29, 1.82) is 0 Å². The fraction of sp³-hybridized carbons (Fsp3) is 0.733. The maximum Gasteiger partial charge on any atom is 0.244 e. The predicted molar refractivity (Wildman–Crippen MR) is 88.0 cm³/mol. The minimum absolute atomic E-state index is 0.0725. The summed E-state index contributed by atoms with van der Waals surface area (Å²) in [4.78, 5) is 1.52. The first-order valence-electron chi connectivity index (χ1n) is 7.66. The van der Waals surface area contributed by atoms with Crippen LogP contribution in [0.2, 0.25) is 0 Å². The van der Waals surface area contributed by atoms with Gasteiger partial charge in [-0.05, 0) is 37.8 Å². The van der Waals surface area contributed by atoms with Crippen LogP contribution in [-0.2, 0) is 16.6 Å². The fourth-order valence-electron chi connectivity index (χ4n) is 2.95. The Labute approximate surface area is 132 Å². The summed E-state index contributed by atoms with van der Waals surface area (Å²) in [6.07, 6.45) is 1.10. The third kappa shape index (κ3) is 3.67. The van der Waals surface area contributed by atoms with Gasteiger partial charge in [-0.3, -0.25) is 0 Å². The number of piperidine rings is 1. The molecule has 0 saturated carbocycles. The molecule has 4 nitrogen and oxygen atoms in total. The minimum Gasteiger partial charge on any atom is -0.312 e. The highest BCUT2D eigenvalue weighted by molar-refractivity contribution is 7.89. The van der Waals surface area contributed by atoms with Crippen molar-refractivity contribution in [3.8, 4) is 0 Å². The van der Waals surface area contributed by atoms with E-state index in [0.29, 0.717) is 23.3 Å². The number of nitrogens with zero attached hydrogens (tertiary/aromatic N) is 1. The smallest absolute Gasteiger partial charge is 0.244 e. The van der Waals surface area contributed by atoms with Crippen LogP contribution in [-0.4, -0.2) is 31.9 Å². The molecule has 1 saturated heterocycles. The van der Waals surface area contributed by atoms with Gasteiger partial charge in [0.15, 0.2) is 0 Å². The van der Waals surface area contributed by atoms with Gasteiger partial charge in [0.25, 0.3) is 0 Å². The SMILES string of the molecule is CCNCc1cc(S(=O)(=O)N2CC(C)CC(C)C2C)cs1. The molecule has 6 heteroatoms. The quantitative estimate of drug-likeness (QED) is 0.903. The largest absolute Gasteiger partial charge is 0.312 e. The Morgan fingerprint density at radius 3 is 2.76 bits per heavy atom. The van der Waals surface area contributed by atoms with E-state index < -0.39 is 10.0 Å². The second kappa shape index (κ2) is 6.77. The summed E-state index contributed by atoms with van der Waals surface area (Å²) < 4.78 is 27.5. The van der Waals surface area contributed by atoms with Gasteiger partial charge >= 0.3 is 0 Å². The molecule has 1 fully saturated rings. The predicted octanol–water partition coefficient (Wildman–Crippen LogP) is 2.91. The van der Waals surface area contributed by atoms with Crippen molar-refractivity contribution in [3.05, 3.63) is 16.3 Å². The molecule has 1 N–H and O–H groups in total. The van der Waals surface area contributed by atoms with E-state index in [2.05, 4.69) is 19.2 Å². The van der Waals surface area contributed by atoms with E-state index in [1.807, 2.05) is 19.9 Å². The normalized spacial score (nSPS) is 27.9. The number of hydrogen-bond donors (Lipinski definition) is 1. The van der Waals surface area contributed by atoms with Crippen molar-refractivity contribution in [2.75, 3.05) is 13.1 Å². The molecule has 1 aromatic heterocycles. The average Bonchev–Trinajstić information content (AvgIpc) is 2.90. The zero-order valence-corrected chi connectivity index (χ0v) is 14.9. The van der Waals surface area contributed by atoms with E-state index in [9.17, 15) is 8.42 Å². The molecule has 3 atom stereocenters. The third-order valence-electron chi connectivity index (χ3n) is 4.33. The minimum atomic E-state index is -3.37. The van der Waals surface area contributed by atoms with Crippen LogP contribution < -0.4 is 5.32 Å². The van der Waals surface area contributed by atoms with Gasteiger partial charge in [-0.25, -0.2) is 8.42 Å². The van der Waals surface area contributed by atoms with Crippen molar-refractivity contribution < 1.29 is 8.42 Å². The Balaban J connectivity index is 2.22. The Bertz CT molecular complexity index is 568. The number of hydrogen-bond acceptors (Lipinski definition) is 4. The Hall–Kier alpha value is -0.430. The van der Waals surface area contributed by atoms with Crippen LogP contribution in [0.1, 0.15) is 39.0 Å². The fourth-order valence-corrected chi connectivity index (χ4v) is 6.03. The highest BCUT2D eigenvalue weighted by Crippen LogP contribution is 2.32. The van der Waals surface area contributed by atoms with Crippen LogP contribution in [0.3, 0.4) is 0 Å². The molecule has 0 amide bonds. The van der Waals surface area contributed by atoms with Gasteiger partial charge in [-0.2, -0.15) is 4.31 Å². The molecule has 2 heterocycles. The molecule has 0 spiro atoms. The van der Waals surface area contributed by atoms with Gasteiger partial charge in [0.2, 0.25) is 10.0 Å². The lowest BCUT2D eigenvalue weighted by atomic mass is 9.88. The number of thiophene rings is 1. The molecule has 0 aliphatic carbocycles. The van der Waals surface area contributed by atoms with Gasteiger partial charge in [-0.1, -0.05) is 20.8 Å². The second-order valence-electron chi connectivity index (χ2n) is 6.16. The molecular weight excluding hydrogens is 304 g/mol. The van der Waals surface area contributed by atoms with Gasteiger partial charge in [0, 0.05) is 29.4 Å². The lowest BCUT2D eigenvalue weighted by molar-refractivity contribution is 0.157. The third-order valence-corrected chi connectivity index (χ3v) is 7.35. The van der Waals surface area contributed by atoms with Gasteiger partial charge in [-0.15, -0.1) is 11.3 Å². The van der Waals surface area contributed by atoms with Gasteiger partial charge in [0.1, 0.15) is 0 Å². The lowest BCUT2D eigenvalue weighted by Gasteiger charge is -2.39. The van der Waals surface area contributed by atoms with E-state index in [-0.39, 0.29) is 6.04 Å². The average molecular weight is 331 g/mol. The molecule has 0 bridgehead atoms. The molecular formula is C15H26N2O2S2. The Kier molecular flexibility index (Phi) is 5.46. The summed E-state index contributed by atoms with van der Waals surface area (Å²) in [7, 11) is -3.37. The number of nitrogens with one attached hydrogen (secondary N) is 1. The first kappa shape index (κ1) is 16.9. The summed E-state index contributed by atoms with van der Waals surface area (Å²) in [6, 6.07) is 1.89. The van der Waals surface area contributed by atoms with Crippen LogP contribution in [0, 0.1) is 11.8 Å². The van der Waals surface area contributed by atoms with E-state index in [0.717, 1.165) is 24.4 Å². The molecule has 1 aliphatic heterocycles. The molecule has 1 aromatic rings. The van der Waals surface area contributed by atoms with Crippen molar-refractivity contribution in [2.24, 2.45) is 11.8 Å². The Morgan fingerprint density at radius 1 is 1.38 bits per heavy atom. The monoisotopic (exact) mass is 330 g/mol. The van der Waals surface area contributed by atoms with Crippen LogP contribution in [0.5, 0.6) is 0 Å². The van der Waals surface area contributed by atoms with Crippen molar-refractivity contribution >= 4 is 21.4 Å². The second-order valence-corrected chi connectivity index (χ2v) is 9.05. The van der Waals surface area contributed by atoms with E-state index >= 15 is 0 Å². The molecule has 0 radical (unpaired) electrons. The summed E-state index contributed by atoms with van der Waals surface area (Å²) in [5.41, 5.74) is 0. The molecule has 120 valence electrons. The Morgan fingerprint density at radius 2 is 2.10 bits per heavy atom. The first-order valence-corrected chi connectivity index (χ1v) is 9.98. The maximum absolute atomic E-state index is 12.9. The first-order chi connectivity index (χ1) is 9.86. The van der Waals surface area contributed by atoms with Crippen molar-refractivity contribution in [3.63, 3.8) is 0 Å². The van der Waals surface area contributed by atoms with Crippen LogP contribution in [0.15, 0.2) is 16.3 Å². The standard InChI is InChI=1S/C15H26N2O2S2/c1-5-16-8-14-7-15(10-20-14)21(18,19)17-9-11(2)6-12(3)13(17)4/h7,10-13,16H,5-6,8-9H2,1-4H3. The molecule has 3 unspecified atom stereocenters. The summed E-state index contributed by atoms with van der Waals surface area (Å²) in [5.74, 6) is 0.828. The maximum atomic E-state index is 12.9. The zero-order chi connectivity index (χ0) is 15.6. The van der Waals surface area contributed by atoms with Crippen LogP contribution >= 0.6 is 11.3 Å². The molecule has 21 heavy (non-hydrogen) atoms.